The summed E-state index contributed by atoms with van der Waals surface area (Å²) in [6, 6.07) is 61.8. The van der Waals surface area contributed by atoms with Crippen molar-refractivity contribution in [1.82, 2.24) is 0 Å². The molecule has 234 valence electrons. The molecule has 2 heteroatoms. The summed E-state index contributed by atoms with van der Waals surface area (Å²) >= 11 is 0. The highest BCUT2D eigenvalue weighted by molar-refractivity contribution is 6.99. The van der Waals surface area contributed by atoms with Gasteiger partial charge >= 0.3 is 0 Å². The summed E-state index contributed by atoms with van der Waals surface area (Å²) in [4.78, 5) is 2.45. The molecule has 0 saturated heterocycles. The predicted octanol–water partition coefficient (Wildman–Crippen LogP) is 10.9. The molecule has 0 unspecified atom stereocenters. The first kappa shape index (κ1) is 29.7. The summed E-state index contributed by atoms with van der Waals surface area (Å²) in [5.74, 6) is 0. The Balaban J connectivity index is 1.32. The molecule has 0 saturated carbocycles. The van der Waals surface area contributed by atoms with Crippen molar-refractivity contribution < 1.29 is 0 Å². The third kappa shape index (κ3) is 4.64. The second-order valence-corrected chi connectivity index (χ2v) is 12.9. The van der Waals surface area contributed by atoms with E-state index in [-0.39, 0.29) is 6.71 Å². The molecule has 0 bridgehead atoms. The molecule has 1 aliphatic rings. The van der Waals surface area contributed by atoms with E-state index in [2.05, 4.69) is 188 Å². The van der Waals surface area contributed by atoms with Crippen molar-refractivity contribution >= 4 is 73.9 Å². The van der Waals surface area contributed by atoms with E-state index in [1.807, 2.05) is 12.2 Å². The van der Waals surface area contributed by atoms with E-state index in [4.69, 9.17) is 0 Å². The highest BCUT2D eigenvalue weighted by Crippen LogP contribution is 2.41. The van der Waals surface area contributed by atoms with Gasteiger partial charge in [-0.3, -0.25) is 0 Å². The average molecular weight is 636 g/mol. The number of para-hydroxylation sites is 2. The summed E-state index contributed by atoms with van der Waals surface area (Å²) < 4.78 is 0. The topological polar surface area (TPSA) is 3.24 Å². The second kappa shape index (κ2) is 12.3. The van der Waals surface area contributed by atoms with Gasteiger partial charge < -0.3 is 4.90 Å². The summed E-state index contributed by atoms with van der Waals surface area (Å²) in [5, 5.41) is 4.80. The lowest BCUT2D eigenvalue weighted by atomic mass is 9.33. The number of anilines is 3. The molecule has 0 aromatic heterocycles. The van der Waals surface area contributed by atoms with Crippen LogP contribution in [0.1, 0.15) is 11.1 Å². The molecule has 0 aliphatic carbocycles. The molecule has 0 N–H and O–H groups in total. The fourth-order valence-electron chi connectivity index (χ4n) is 8.18. The minimum absolute atomic E-state index is 0.00534. The van der Waals surface area contributed by atoms with E-state index in [1.54, 1.807) is 0 Å². The molecule has 50 heavy (non-hydrogen) atoms. The van der Waals surface area contributed by atoms with Crippen molar-refractivity contribution in [2.45, 2.75) is 0 Å². The van der Waals surface area contributed by atoms with Crippen molar-refractivity contribution in [2.24, 2.45) is 0 Å². The zero-order valence-electron chi connectivity index (χ0n) is 27.8. The second-order valence-electron chi connectivity index (χ2n) is 12.9. The van der Waals surface area contributed by atoms with E-state index in [0.29, 0.717) is 0 Å². The molecular weight excluding hydrogens is 601 g/mol. The Labute approximate surface area is 294 Å². The van der Waals surface area contributed by atoms with Crippen LogP contribution in [0.5, 0.6) is 0 Å². The first-order valence-corrected chi connectivity index (χ1v) is 17.2. The number of benzene rings is 8. The van der Waals surface area contributed by atoms with Gasteiger partial charge in [-0.15, -0.1) is 0 Å². The maximum absolute atomic E-state index is 4.26. The van der Waals surface area contributed by atoms with Crippen molar-refractivity contribution in [3.05, 3.63) is 194 Å². The SMILES string of the molecule is C=Cc1c(C=C)c2cc(N3c4ccccc4B(c4c(-c5ccccc5)cccc4-c4ccccc4)c4ccccc43)ccc2c2ccccc12. The number of rotatable bonds is 6. The quantitative estimate of drug-likeness (QED) is 0.130. The lowest BCUT2D eigenvalue weighted by Crippen LogP contribution is -2.58. The Morgan fingerprint density at radius 1 is 0.420 bits per heavy atom. The Morgan fingerprint density at radius 2 is 0.900 bits per heavy atom. The van der Waals surface area contributed by atoms with Gasteiger partial charge in [-0.2, -0.15) is 0 Å². The van der Waals surface area contributed by atoms with E-state index < -0.39 is 0 Å². The fraction of sp³-hybridized carbons (Fsp3) is 0. The van der Waals surface area contributed by atoms with Gasteiger partial charge in [0, 0.05) is 17.1 Å². The Bertz CT molecular complexity index is 2480. The Kier molecular flexibility index (Phi) is 7.29. The van der Waals surface area contributed by atoms with Gasteiger partial charge in [0.25, 0.3) is 0 Å². The molecule has 0 amide bonds. The molecule has 9 rings (SSSR count). The summed E-state index contributed by atoms with van der Waals surface area (Å²) in [5.41, 5.74) is 14.5. The van der Waals surface area contributed by atoms with Crippen LogP contribution in [0.4, 0.5) is 17.1 Å². The minimum atomic E-state index is 0.00534. The number of hydrogen-bond acceptors (Lipinski definition) is 1. The smallest absolute Gasteiger partial charge is 0.248 e. The maximum Gasteiger partial charge on any atom is 0.248 e. The lowest BCUT2D eigenvalue weighted by Gasteiger charge is -2.38. The lowest BCUT2D eigenvalue weighted by molar-refractivity contribution is 1.30. The van der Waals surface area contributed by atoms with Crippen LogP contribution in [0.2, 0.25) is 0 Å². The first-order chi connectivity index (χ1) is 24.8. The minimum Gasteiger partial charge on any atom is -0.312 e. The van der Waals surface area contributed by atoms with Gasteiger partial charge in [-0.05, 0) is 90.1 Å². The standard InChI is InChI=1S/C48H34BN/c1-3-36-37(4-2)43-32-35(30-31-42(43)41-23-12-11-22-40(36)41)50-46-28-15-13-26-44(46)49(45-27-14-16-29-47(45)50)48-38(33-18-7-5-8-19-33)24-17-25-39(48)34-20-9-6-10-21-34/h3-32H,1-2H2. The van der Waals surface area contributed by atoms with Gasteiger partial charge in [0.15, 0.2) is 0 Å². The van der Waals surface area contributed by atoms with Crippen LogP contribution in [0.15, 0.2) is 183 Å². The maximum atomic E-state index is 4.26. The van der Waals surface area contributed by atoms with Gasteiger partial charge in [-0.1, -0.05) is 176 Å². The molecule has 0 radical (unpaired) electrons. The monoisotopic (exact) mass is 635 g/mol. The van der Waals surface area contributed by atoms with Crippen molar-refractivity contribution in [3.8, 4) is 22.3 Å². The molecule has 0 spiro atoms. The number of nitrogens with zero attached hydrogens (tertiary/aromatic N) is 1. The zero-order chi connectivity index (χ0) is 33.6. The Morgan fingerprint density at radius 3 is 1.48 bits per heavy atom. The third-order valence-corrected chi connectivity index (χ3v) is 10.3. The number of fused-ring (bicyclic) bond motifs is 5. The molecule has 8 aromatic rings. The summed E-state index contributed by atoms with van der Waals surface area (Å²) in [7, 11) is 0. The molecular formula is C48H34BN. The first-order valence-electron chi connectivity index (χ1n) is 17.2. The van der Waals surface area contributed by atoms with Crippen molar-refractivity contribution in [3.63, 3.8) is 0 Å². The fourth-order valence-corrected chi connectivity index (χ4v) is 8.18. The van der Waals surface area contributed by atoms with Crippen molar-refractivity contribution in [2.75, 3.05) is 4.90 Å². The van der Waals surface area contributed by atoms with Gasteiger partial charge in [-0.25, -0.2) is 0 Å². The van der Waals surface area contributed by atoms with E-state index in [9.17, 15) is 0 Å². The largest absolute Gasteiger partial charge is 0.312 e. The van der Waals surface area contributed by atoms with Gasteiger partial charge in [0.2, 0.25) is 6.71 Å². The molecule has 1 nitrogen and oxygen atoms in total. The van der Waals surface area contributed by atoms with E-state index in [0.717, 1.165) is 16.8 Å². The Hall–Kier alpha value is -6.38. The van der Waals surface area contributed by atoms with Crippen LogP contribution in [0.25, 0.3) is 56.0 Å². The van der Waals surface area contributed by atoms with Crippen LogP contribution in [-0.4, -0.2) is 6.71 Å². The van der Waals surface area contributed by atoms with Crippen molar-refractivity contribution in [1.29, 1.82) is 0 Å². The third-order valence-electron chi connectivity index (χ3n) is 10.3. The van der Waals surface area contributed by atoms with Gasteiger partial charge in [0.05, 0.1) is 0 Å². The van der Waals surface area contributed by atoms with Gasteiger partial charge in [0.1, 0.15) is 0 Å². The molecule has 1 aliphatic heterocycles. The average Bonchev–Trinajstić information content (AvgIpc) is 3.19. The van der Waals surface area contributed by atoms with Crippen LogP contribution >= 0.6 is 0 Å². The zero-order valence-corrected chi connectivity index (χ0v) is 27.8. The van der Waals surface area contributed by atoms with Crippen LogP contribution in [0.3, 0.4) is 0 Å². The molecule has 0 atom stereocenters. The van der Waals surface area contributed by atoms with Crippen LogP contribution in [0, 0.1) is 0 Å². The van der Waals surface area contributed by atoms with E-state index in [1.165, 1.54) is 71.6 Å². The highest BCUT2D eigenvalue weighted by Gasteiger charge is 2.37. The normalized spacial score (nSPS) is 12.1. The number of hydrogen-bond donors (Lipinski definition) is 0. The summed E-state index contributed by atoms with van der Waals surface area (Å²) in [6.45, 7) is 8.47. The highest BCUT2D eigenvalue weighted by atomic mass is 15.1. The van der Waals surface area contributed by atoms with Crippen LogP contribution < -0.4 is 21.3 Å². The van der Waals surface area contributed by atoms with E-state index >= 15 is 0 Å². The predicted molar refractivity (Wildman–Crippen MR) is 218 cm³/mol. The summed E-state index contributed by atoms with van der Waals surface area (Å²) in [6.07, 6.45) is 3.95. The molecule has 8 aromatic carbocycles. The van der Waals surface area contributed by atoms with Crippen LogP contribution in [-0.2, 0) is 0 Å². The molecule has 0 fully saturated rings. The molecule has 1 heterocycles.